The van der Waals surface area contributed by atoms with Crippen LogP contribution in [0, 0.1) is 0 Å². The molecule has 0 unspecified atom stereocenters. The quantitative estimate of drug-likeness (QED) is 0.638. The zero-order valence-electron chi connectivity index (χ0n) is 16.0. The molecule has 2 heterocycles. The third-order valence-corrected chi connectivity index (χ3v) is 5.79. The number of para-hydroxylation sites is 1. The van der Waals surface area contributed by atoms with Crippen molar-refractivity contribution in [3.05, 3.63) is 95.6 Å². The molecule has 144 valence electrons. The minimum atomic E-state index is -1.13. The van der Waals surface area contributed by atoms with Gasteiger partial charge in [0, 0.05) is 5.92 Å². The van der Waals surface area contributed by atoms with Crippen molar-refractivity contribution in [3.63, 3.8) is 0 Å². The summed E-state index contributed by atoms with van der Waals surface area (Å²) >= 11 is 0. The molecule has 3 atom stereocenters. The fourth-order valence-electron chi connectivity index (χ4n) is 4.34. The van der Waals surface area contributed by atoms with E-state index in [1.807, 2.05) is 72.8 Å². The molecule has 1 spiro atoms. The monoisotopic (exact) mass is 384 g/mol. The van der Waals surface area contributed by atoms with Gasteiger partial charge in [-0.2, -0.15) is 10.2 Å². The van der Waals surface area contributed by atoms with E-state index in [1.54, 1.807) is 13.2 Å². The van der Waals surface area contributed by atoms with Gasteiger partial charge in [0.1, 0.15) is 11.5 Å². The normalized spacial score (nSPS) is 24.9. The number of Topliss-reactive ketones (excluding diaryl/α,β-unsaturated/α-hetero) is 1. The Hall–Kier alpha value is -3.47. The topological polar surface area (TPSA) is 60.2 Å². The SMILES string of the molecule is COc1ccc([C@H]2CN=N[C@@]23C(=O)c2ccccc2O[C@H]3c2ccccc2)cc1. The van der Waals surface area contributed by atoms with E-state index in [0.29, 0.717) is 17.9 Å². The minimum Gasteiger partial charge on any atom is -0.497 e. The van der Waals surface area contributed by atoms with Crippen LogP contribution in [-0.4, -0.2) is 25.0 Å². The molecule has 0 aliphatic carbocycles. The summed E-state index contributed by atoms with van der Waals surface area (Å²) in [5.41, 5.74) is 1.33. The number of benzene rings is 3. The van der Waals surface area contributed by atoms with Crippen LogP contribution in [-0.2, 0) is 0 Å². The fraction of sp³-hybridized carbons (Fsp3) is 0.208. The third-order valence-electron chi connectivity index (χ3n) is 5.79. The molecule has 0 radical (unpaired) electrons. The number of azo groups is 1. The van der Waals surface area contributed by atoms with Crippen LogP contribution in [0.2, 0.25) is 0 Å². The Balaban J connectivity index is 1.69. The van der Waals surface area contributed by atoms with Gasteiger partial charge in [0.05, 0.1) is 19.2 Å². The molecule has 0 aromatic heterocycles. The number of ketones is 1. The highest BCUT2D eigenvalue weighted by Crippen LogP contribution is 2.52. The maximum atomic E-state index is 13.9. The lowest BCUT2D eigenvalue weighted by molar-refractivity contribution is 0.0521. The van der Waals surface area contributed by atoms with Crippen molar-refractivity contribution in [2.24, 2.45) is 10.2 Å². The molecule has 0 fully saturated rings. The molecular weight excluding hydrogens is 364 g/mol. The first-order valence-corrected chi connectivity index (χ1v) is 9.62. The van der Waals surface area contributed by atoms with Crippen LogP contribution < -0.4 is 9.47 Å². The predicted octanol–water partition coefficient (Wildman–Crippen LogP) is 5.00. The van der Waals surface area contributed by atoms with Gasteiger partial charge in [0.2, 0.25) is 5.78 Å². The molecule has 0 saturated heterocycles. The van der Waals surface area contributed by atoms with Crippen molar-refractivity contribution in [2.45, 2.75) is 17.6 Å². The van der Waals surface area contributed by atoms with Gasteiger partial charge >= 0.3 is 0 Å². The summed E-state index contributed by atoms with van der Waals surface area (Å²) in [7, 11) is 1.64. The van der Waals surface area contributed by atoms with Crippen LogP contribution >= 0.6 is 0 Å². The zero-order valence-corrected chi connectivity index (χ0v) is 16.0. The van der Waals surface area contributed by atoms with Crippen LogP contribution in [0.5, 0.6) is 11.5 Å². The van der Waals surface area contributed by atoms with Crippen LogP contribution in [0.3, 0.4) is 0 Å². The fourth-order valence-corrected chi connectivity index (χ4v) is 4.34. The van der Waals surface area contributed by atoms with Crippen LogP contribution in [0.15, 0.2) is 89.1 Å². The second kappa shape index (κ2) is 6.85. The molecule has 0 saturated carbocycles. The first-order chi connectivity index (χ1) is 14.2. The van der Waals surface area contributed by atoms with Crippen molar-refractivity contribution < 1.29 is 14.3 Å². The number of hydrogen-bond acceptors (Lipinski definition) is 5. The lowest BCUT2D eigenvalue weighted by atomic mass is 9.69. The molecule has 2 aliphatic rings. The number of carbonyl (C=O) groups is 1. The Morgan fingerprint density at radius 1 is 0.931 bits per heavy atom. The van der Waals surface area contributed by atoms with E-state index in [-0.39, 0.29) is 11.7 Å². The summed E-state index contributed by atoms with van der Waals surface area (Å²) in [5, 5.41) is 8.94. The van der Waals surface area contributed by atoms with E-state index in [4.69, 9.17) is 9.47 Å². The van der Waals surface area contributed by atoms with Gasteiger partial charge in [-0.25, -0.2) is 0 Å². The van der Waals surface area contributed by atoms with E-state index in [0.717, 1.165) is 16.9 Å². The van der Waals surface area contributed by atoms with Crippen LogP contribution in [0.25, 0.3) is 0 Å². The van der Waals surface area contributed by atoms with Gasteiger partial charge in [0.15, 0.2) is 11.6 Å². The molecule has 5 rings (SSSR count). The van der Waals surface area contributed by atoms with Crippen molar-refractivity contribution >= 4 is 5.78 Å². The van der Waals surface area contributed by atoms with E-state index in [9.17, 15) is 4.79 Å². The van der Waals surface area contributed by atoms with Gasteiger partial charge in [-0.05, 0) is 35.4 Å². The van der Waals surface area contributed by atoms with E-state index in [2.05, 4.69) is 10.2 Å². The largest absolute Gasteiger partial charge is 0.497 e. The molecule has 5 nitrogen and oxygen atoms in total. The summed E-state index contributed by atoms with van der Waals surface area (Å²) in [5.74, 6) is 1.09. The van der Waals surface area contributed by atoms with Crippen molar-refractivity contribution in [2.75, 3.05) is 13.7 Å². The molecule has 2 aliphatic heterocycles. The maximum absolute atomic E-state index is 13.9. The molecule has 5 heteroatoms. The number of ether oxygens (including phenoxy) is 2. The van der Waals surface area contributed by atoms with Gasteiger partial charge in [-0.15, -0.1) is 0 Å². The lowest BCUT2D eigenvalue weighted by Gasteiger charge is -2.41. The number of hydrogen-bond donors (Lipinski definition) is 0. The highest BCUT2D eigenvalue weighted by atomic mass is 16.5. The molecule has 0 bridgehead atoms. The Bertz CT molecular complexity index is 1080. The van der Waals surface area contributed by atoms with Crippen molar-refractivity contribution in [1.29, 1.82) is 0 Å². The Labute approximate surface area is 169 Å². The summed E-state index contributed by atoms with van der Waals surface area (Å²) in [4.78, 5) is 13.9. The average Bonchev–Trinajstić information content (AvgIpc) is 3.22. The molecule has 3 aromatic rings. The molecule has 0 N–H and O–H groups in total. The lowest BCUT2D eigenvalue weighted by Crippen LogP contribution is -2.51. The first kappa shape index (κ1) is 17.6. The standard InChI is InChI=1S/C24H20N2O3/c1-28-18-13-11-16(12-14-18)20-15-25-26-24(20)22(27)19-9-5-6-10-21(19)29-23(24)17-7-3-2-4-8-17/h2-14,20,23H,15H2,1H3/t20-,23+,24-/m1/s1. The number of rotatable bonds is 3. The van der Waals surface area contributed by atoms with Crippen molar-refractivity contribution in [1.82, 2.24) is 0 Å². The summed E-state index contributed by atoms with van der Waals surface area (Å²) in [6.45, 7) is 0.437. The minimum absolute atomic E-state index is 0.0460. The van der Waals surface area contributed by atoms with Gasteiger partial charge in [-0.3, -0.25) is 4.79 Å². The Kier molecular flexibility index (Phi) is 4.16. The van der Waals surface area contributed by atoms with Crippen LogP contribution in [0.4, 0.5) is 0 Å². The van der Waals surface area contributed by atoms with E-state index >= 15 is 0 Å². The Morgan fingerprint density at radius 3 is 2.41 bits per heavy atom. The summed E-state index contributed by atoms with van der Waals surface area (Å²) in [6.07, 6.45) is -0.551. The summed E-state index contributed by atoms with van der Waals surface area (Å²) in [6, 6.07) is 25.0. The van der Waals surface area contributed by atoms with Gasteiger partial charge in [0.25, 0.3) is 0 Å². The summed E-state index contributed by atoms with van der Waals surface area (Å²) < 4.78 is 11.7. The van der Waals surface area contributed by atoms with E-state index < -0.39 is 11.6 Å². The number of methoxy groups -OCH3 is 1. The van der Waals surface area contributed by atoms with Gasteiger partial charge < -0.3 is 9.47 Å². The second-order valence-electron chi connectivity index (χ2n) is 7.31. The number of carbonyl (C=O) groups excluding carboxylic acids is 1. The molecule has 0 amide bonds. The van der Waals surface area contributed by atoms with E-state index in [1.165, 1.54) is 0 Å². The van der Waals surface area contributed by atoms with Crippen LogP contribution in [0.1, 0.15) is 33.5 Å². The predicted molar refractivity (Wildman–Crippen MR) is 109 cm³/mol. The second-order valence-corrected chi connectivity index (χ2v) is 7.31. The third kappa shape index (κ3) is 2.65. The zero-order chi connectivity index (χ0) is 19.8. The smallest absolute Gasteiger partial charge is 0.200 e. The average molecular weight is 384 g/mol. The maximum Gasteiger partial charge on any atom is 0.200 e. The highest BCUT2D eigenvalue weighted by molar-refractivity contribution is 6.08. The molecular formula is C24H20N2O3. The molecule has 29 heavy (non-hydrogen) atoms. The van der Waals surface area contributed by atoms with Gasteiger partial charge in [-0.1, -0.05) is 54.6 Å². The number of nitrogens with zero attached hydrogens (tertiary/aromatic N) is 2. The Morgan fingerprint density at radius 2 is 1.66 bits per heavy atom. The number of fused-ring (bicyclic) bond motifs is 1. The first-order valence-electron chi connectivity index (χ1n) is 9.62. The molecule has 3 aromatic carbocycles. The van der Waals surface area contributed by atoms with Crippen molar-refractivity contribution in [3.8, 4) is 11.5 Å². The highest BCUT2D eigenvalue weighted by Gasteiger charge is 2.60.